The van der Waals surface area contributed by atoms with Crippen molar-refractivity contribution in [2.45, 2.75) is 5.60 Å². The van der Waals surface area contributed by atoms with E-state index in [9.17, 15) is 15.0 Å². The molecule has 0 radical (unpaired) electrons. The number of esters is 1. The number of ether oxygens (including phenoxy) is 2. The van der Waals surface area contributed by atoms with Crippen LogP contribution in [0.25, 0.3) is 0 Å². The number of hydrogen-bond acceptors (Lipinski definition) is 5. The first-order valence-corrected chi connectivity index (χ1v) is 15.0. The van der Waals surface area contributed by atoms with E-state index in [1.54, 1.807) is 6.07 Å². The van der Waals surface area contributed by atoms with Crippen LogP contribution in [0.4, 0.5) is 0 Å². The van der Waals surface area contributed by atoms with E-state index in [0.29, 0.717) is 49.1 Å². The van der Waals surface area contributed by atoms with Crippen LogP contribution in [0.5, 0.6) is 23.0 Å². The summed E-state index contributed by atoms with van der Waals surface area (Å²) in [5.74, 6) is -0.299. The fourth-order valence-corrected chi connectivity index (χ4v) is 8.73. The van der Waals surface area contributed by atoms with Gasteiger partial charge < -0.3 is 21.1 Å². The van der Waals surface area contributed by atoms with Gasteiger partial charge in [0.1, 0.15) is 20.4 Å². The number of aromatic hydroxyl groups is 2. The molecule has 3 aromatic carbocycles. The van der Waals surface area contributed by atoms with Gasteiger partial charge in [0.25, 0.3) is 0 Å². The number of carbonyl (C=O) groups is 1. The minimum atomic E-state index is -1.51. The fourth-order valence-electron chi connectivity index (χ4n) is 3.96. The molecular formula is C20H5Br8NaO5. The molecule has 2 aliphatic rings. The predicted octanol–water partition coefficient (Wildman–Crippen LogP) is 6.88. The summed E-state index contributed by atoms with van der Waals surface area (Å²) >= 11 is 28.0. The van der Waals surface area contributed by atoms with Gasteiger partial charge in [-0.25, -0.2) is 4.79 Å². The standard InChI is InChI=1S/C20H4Br8O5.Na.H/c21-8-4(29)2-1-3-17(8)32-18-7(11(24)14(27)16(30)15(18)28)20(3)6-5(19(31)33-20)9(22)12(25)13(26)10(6)23;;/h1-2,29-30H;;/q;+1;-1. The van der Waals surface area contributed by atoms with Crippen LogP contribution < -0.4 is 34.3 Å². The average molecular weight is 987 g/mol. The van der Waals surface area contributed by atoms with Crippen LogP contribution in [-0.2, 0) is 10.3 Å². The van der Waals surface area contributed by atoms with Gasteiger partial charge in [-0.3, -0.25) is 0 Å². The SMILES string of the molecule is O=C1OC2(c3ccc(O)c(Br)c3Oc3c(Br)c(O)c(Br)c(Br)c32)c2c(Br)c(Br)c(Br)c(Br)c21.[H-].[Na+]. The van der Waals surface area contributed by atoms with Gasteiger partial charge in [0.15, 0.2) is 17.1 Å². The first-order valence-electron chi connectivity index (χ1n) is 8.64. The van der Waals surface area contributed by atoms with E-state index in [2.05, 4.69) is 127 Å². The molecule has 3 aromatic rings. The first-order chi connectivity index (χ1) is 15.4. The Hall–Kier alpha value is 1.37. The Morgan fingerprint density at radius 1 is 0.706 bits per heavy atom. The molecule has 1 atom stereocenters. The normalized spacial score (nSPS) is 17.5. The Morgan fingerprint density at radius 3 is 1.94 bits per heavy atom. The predicted molar refractivity (Wildman–Crippen MR) is 151 cm³/mol. The zero-order valence-corrected chi connectivity index (χ0v) is 31.0. The van der Waals surface area contributed by atoms with E-state index in [-0.39, 0.29) is 62.9 Å². The van der Waals surface area contributed by atoms with E-state index >= 15 is 0 Å². The topological polar surface area (TPSA) is 76.0 Å². The summed E-state index contributed by atoms with van der Waals surface area (Å²) in [5, 5.41) is 21.0. The first kappa shape index (κ1) is 28.4. The van der Waals surface area contributed by atoms with Gasteiger partial charge >= 0.3 is 35.5 Å². The maximum Gasteiger partial charge on any atom is 1.00 e. The molecule has 1 spiro atoms. The Balaban J connectivity index is 0.00000171. The number of rotatable bonds is 0. The smallest absolute Gasteiger partial charge is 1.00 e. The number of benzene rings is 3. The van der Waals surface area contributed by atoms with E-state index in [1.807, 2.05) is 0 Å². The molecule has 0 amide bonds. The summed E-state index contributed by atoms with van der Waals surface area (Å²) in [7, 11) is 0. The van der Waals surface area contributed by atoms with E-state index in [1.165, 1.54) is 6.07 Å². The van der Waals surface area contributed by atoms with Crippen molar-refractivity contribution >= 4 is 133 Å². The van der Waals surface area contributed by atoms with Gasteiger partial charge in [-0.15, -0.1) is 0 Å². The van der Waals surface area contributed by atoms with E-state index in [0.717, 1.165) is 0 Å². The second-order valence-electron chi connectivity index (χ2n) is 6.95. The van der Waals surface area contributed by atoms with Crippen LogP contribution in [-0.4, -0.2) is 16.2 Å². The van der Waals surface area contributed by atoms with Crippen molar-refractivity contribution in [1.29, 1.82) is 0 Å². The number of hydrogen-bond donors (Lipinski definition) is 2. The summed E-state index contributed by atoms with van der Waals surface area (Å²) in [6.45, 7) is 0. The largest absolute Gasteiger partial charge is 1.00 e. The molecule has 0 saturated carbocycles. The molecule has 2 aliphatic heterocycles. The molecule has 0 aliphatic carbocycles. The Bertz CT molecular complexity index is 1470. The minimum Gasteiger partial charge on any atom is -1.00 e. The van der Waals surface area contributed by atoms with Crippen LogP contribution in [0.2, 0.25) is 0 Å². The van der Waals surface area contributed by atoms with Crippen molar-refractivity contribution in [2.24, 2.45) is 0 Å². The summed E-state index contributed by atoms with van der Waals surface area (Å²) in [6.07, 6.45) is 0. The third kappa shape index (κ3) is 3.69. The number of halogens is 8. The van der Waals surface area contributed by atoms with Crippen LogP contribution in [0.15, 0.2) is 47.9 Å². The molecule has 0 saturated heterocycles. The summed E-state index contributed by atoms with van der Waals surface area (Å²) in [4.78, 5) is 13.4. The molecule has 2 heterocycles. The third-order valence-corrected chi connectivity index (χ3v) is 13.7. The molecule has 172 valence electrons. The van der Waals surface area contributed by atoms with Crippen molar-refractivity contribution in [2.75, 3.05) is 0 Å². The maximum absolute atomic E-state index is 13.4. The van der Waals surface area contributed by atoms with Crippen molar-refractivity contribution in [1.82, 2.24) is 0 Å². The van der Waals surface area contributed by atoms with Gasteiger partial charge in [-0.2, -0.15) is 0 Å². The Kier molecular flexibility index (Phi) is 8.21. The number of phenols is 2. The Morgan fingerprint density at radius 2 is 1.29 bits per heavy atom. The monoisotopic (exact) mass is 979 g/mol. The number of carbonyl (C=O) groups excluding carboxylic acids is 1. The molecular weight excluding hydrogens is 982 g/mol. The van der Waals surface area contributed by atoms with E-state index < -0.39 is 11.6 Å². The fraction of sp³-hybridized carbons (Fsp3) is 0.0500. The van der Waals surface area contributed by atoms with Gasteiger partial charge in [0, 0.05) is 33.5 Å². The second kappa shape index (κ2) is 9.84. The minimum absolute atomic E-state index is 0. The quantitative estimate of drug-likeness (QED) is 0.111. The zero-order chi connectivity index (χ0) is 24.1. The van der Waals surface area contributed by atoms with Gasteiger partial charge in [0.2, 0.25) is 0 Å². The molecule has 2 N–H and O–H groups in total. The maximum atomic E-state index is 13.4. The van der Waals surface area contributed by atoms with Crippen molar-refractivity contribution in [3.8, 4) is 23.0 Å². The molecule has 5 nitrogen and oxygen atoms in total. The summed E-state index contributed by atoms with van der Waals surface area (Å²) in [6, 6.07) is 3.12. The third-order valence-electron chi connectivity index (χ3n) is 5.34. The van der Waals surface area contributed by atoms with Crippen molar-refractivity contribution in [3.63, 3.8) is 0 Å². The van der Waals surface area contributed by atoms with Gasteiger partial charge in [-0.1, -0.05) is 0 Å². The molecule has 1 unspecified atom stereocenters. The molecule has 34 heavy (non-hydrogen) atoms. The van der Waals surface area contributed by atoms with Gasteiger partial charge in [0.05, 0.1) is 15.6 Å². The van der Waals surface area contributed by atoms with Crippen LogP contribution in [0.1, 0.15) is 28.5 Å². The van der Waals surface area contributed by atoms with Crippen LogP contribution in [0.3, 0.4) is 0 Å². The molecule has 14 heteroatoms. The average Bonchev–Trinajstić information content (AvgIpc) is 3.08. The number of phenolic OH excluding ortho intramolecular Hbond substituents is 2. The van der Waals surface area contributed by atoms with Crippen LogP contribution in [0, 0.1) is 0 Å². The zero-order valence-electron chi connectivity index (χ0n) is 17.3. The number of fused-ring (bicyclic) bond motifs is 6. The van der Waals surface area contributed by atoms with E-state index in [4.69, 9.17) is 9.47 Å². The second-order valence-corrected chi connectivity index (χ2v) is 13.3. The van der Waals surface area contributed by atoms with Crippen molar-refractivity contribution < 1.29 is 55.5 Å². The summed E-state index contributed by atoms with van der Waals surface area (Å²) < 4.78 is 16.1. The molecule has 0 fully saturated rings. The summed E-state index contributed by atoms with van der Waals surface area (Å²) in [5.41, 5.74) is 0.236. The van der Waals surface area contributed by atoms with Gasteiger partial charge in [-0.05, 0) is 140 Å². The molecule has 0 aromatic heterocycles. The van der Waals surface area contributed by atoms with Crippen LogP contribution >= 0.6 is 127 Å². The Labute approximate surface area is 283 Å². The molecule has 0 bridgehead atoms. The van der Waals surface area contributed by atoms with Crippen molar-refractivity contribution in [3.05, 3.63) is 70.2 Å². The molecule has 5 rings (SSSR count).